The lowest BCUT2D eigenvalue weighted by atomic mass is 9.91. The van der Waals surface area contributed by atoms with E-state index in [0.29, 0.717) is 39.1 Å². The highest BCUT2D eigenvalue weighted by Crippen LogP contribution is 2.40. The molecule has 0 aromatic heterocycles. The van der Waals surface area contributed by atoms with E-state index < -0.39 is 5.97 Å². The molecule has 6 heteroatoms. The number of hydrogen-bond donors (Lipinski definition) is 1. The quantitative estimate of drug-likeness (QED) is 0.602. The molecule has 0 atom stereocenters. The Hall–Kier alpha value is -1.16. The fraction of sp³-hybridized carbons (Fsp3) is 0.818. The molecule has 0 unspecified atom stereocenters. The van der Waals surface area contributed by atoms with E-state index in [9.17, 15) is 5.11 Å². The summed E-state index contributed by atoms with van der Waals surface area (Å²) < 4.78 is 16.8. The average Bonchev–Trinajstić information content (AvgIpc) is 2.32. The number of allylic oxidation sites excluding steroid dienone is 1. The van der Waals surface area contributed by atoms with Crippen molar-refractivity contribution in [1.82, 2.24) is 0 Å². The van der Waals surface area contributed by atoms with Crippen molar-refractivity contribution in [1.29, 1.82) is 5.39 Å². The van der Waals surface area contributed by atoms with Crippen LogP contribution in [-0.4, -0.2) is 30.9 Å². The highest BCUT2D eigenvalue weighted by Gasteiger charge is 2.49. The third-order valence-electron chi connectivity index (χ3n) is 3.04. The molecule has 0 aliphatic carbocycles. The van der Waals surface area contributed by atoms with E-state index in [1.807, 2.05) is 0 Å². The molecule has 94 valence electrons. The zero-order valence-corrected chi connectivity index (χ0v) is 9.89. The summed E-state index contributed by atoms with van der Waals surface area (Å²) in [5.41, 5.74) is -0.0282. The Bertz CT molecular complexity index is 336. The van der Waals surface area contributed by atoms with Gasteiger partial charge in [0.05, 0.1) is 19.8 Å². The summed E-state index contributed by atoms with van der Waals surface area (Å²) in [6.45, 7) is 3.98. The molecule has 3 saturated heterocycles. The van der Waals surface area contributed by atoms with Crippen LogP contribution in [-0.2, 0) is 14.2 Å². The van der Waals surface area contributed by atoms with Crippen LogP contribution in [0.3, 0.4) is 0 Å². The lowest BCUT2D eigenvalue weighted by Crippen LogP contribution is -2.58. The highest BCUT2D eigenvalue weighted by molar-refractivity contribution is 4.95. The third kappa shape index (κ3) is 2.75. The van der Waals surface area contributed by atoms with Crippen LogP contribution < -0.4 is 0 Å². The van der Waals surface area contributed by atoms with Gasteiger partial charge >= 0.3 is 6.20 Å². The molecule has 3 aliphatic rings. The van der Waals surface area contributed by atoms with Gasteiger partial charge in [-0.05, 0) is 6.42 Å². The SMILES string of the molecule is CC12COC(CCC/C(O)=C/[N+]#N)(OC1)OC2. The van der Waals surface area contributed by atoms with Crippen molar-refractivity contribution in [3.05, 3.63) is 16.9 Å². The van der Waals surface area contributed by atoms with Crippen molar-refractivity contribution < 1.29 is 19.3 Å². The van der Waals surface area contributed by atoms with Gasteiger partial charge in [-0.1, -0.05) is 6.92 Å². The van der Waals surface area contributed by atoms with E-state index in [1.165, 1.54) is 0 Å². The standard InChI is InChI=1S/C11H16N2O4/c1-10-6-15-11(16-7-10,17-8-10)4-2-3-9(14)5-13-12/h5H,2-4,6-8H2,1H3/p+1/b9-5-. The minimum atomic E-state index is -0.936. The molecule has 3 heterocycles. The van der Waals surface area contributed by atoms with Gasteiger partial charge in [-0.25, -0.2) is 0 Å². The summed E-state index contributed by atoms with van der Waals surface area (Å²) in [5, 5.41) is 17.5. The van der Waals surface area contributed by atoms with Crippen molar-refractivity contribution in [3.8, 4) is 0 Å². The van der Waals surface area contributed by atoms with Gasteiger partial charge in [0.15, 0.2) is 10.7 Å². The fourth-order valence-electron chi connectivity index (χ4n) is 1.94. The lowest BCUT2D eigenvalue weighted by Gasteiger charge is -2.50. The normalized spacial score (nSPS) is 36.8. The van der Waals surface area contributed by atoms with E-state index in [0.717, 1.165) is 6.20 Å². The van der Waals surface area contributed by atoms with Gasteiger partial charge in [-0.2, -0.15) is 0 Å². The van der Waals surface area contributed by atoms with Crippen molar-refractivity contribution >= 4 is 0 Å². The summed E-state index contributed by atoms with van der Waals surface area (Å²) in [6, 6.07) is 0. The van der Waals surface area contributed by atoms with E-state index in [1.54, 1.807) is 0 Å². The topological polar surface area (TPSA) is 76.1 Å². The summed E-state index contributed by atoms with van der Waals surface area (Å²) in [6.07, 6.45) is 2.60. The monoisotopic (exact) mass is 241 g/mol. The van der Waals surface area contributed by atoms with Gasteiger partial charge in [0.1, 0.15) is 0 Å². The maximum atomic E-state index is 9.27. The van der Waals surface area contributed by atoms with E-state index in [-0.39, 0.29) is 11.2 Å². The van der Waals surface area contributed by atoms with E-state index in [4.69, 9.17) is 19.6 Å². The predicted molar refractivity (Wildman–Crippen MR) is 58.3 cm³/mol. The van der Waals surface area contributed by atoms with Gasteiger partial charge < -0.3 is 19.3 Å². The Morgan fingerprint density at radius 2 is 1.94 bits per heavy atom. The van der Waals surface area contributed by atoms with Crippen LogP contribution in [0.5, 0.6) is 0 Å². The second-order valence-corrected chi connectivity index (χ2v) is 4.95. The molecule has 3 fully saturated rings. The molecular formula is C11H17N2O4+. The first-order valence-electron chi connectivity index (χ1n) is 5.72. The molecule has 0 aromatic carbocycles. The van der Waals surface area contributed by atoms with E-state index >= 15 is 0 Å². The molecule has 2 bridgehead atoms. The minimum Gasteiger partial charge on any atom is -0.505 e. The molecule has 1 N–H and O–H groups in total. The maximum Gasteiger partial charge on any atom is 0.387 e. The first-order chi connectivity index (χ1) is 8.08. The average molecular weight is 241 g/mol. The summed E-state index contributed by atoms with van der Waals surface area (Å²) >= 11 is 0. The van der Waals surface area contributed by atoms with E-state index in [2.05, 4.69) is 11.9 Å². The van der Waals surface area contributed by atoms with Crippen LogP contribution >= 0.6 is 0 Å². The molecule has 17 heavy (non-hydrogen) atoms. The van der Waals surface area contributed by atoms with Crippen LogP contribution in [0, 0.1) is 10.8 Å². The second kappa shape index (κ2) is 4.61. The largest absolute Gasteiger partial charge is 0.505 e. The number of aliphatic hydroxyl groups is 1. The Kier molecular flexibility index (Phi) is 3.33. The van der Waals surface area contributed by atoms with Crippen LogP contribution in [0.1, 0.15) is 26.2 Å². The Labute approximate surface area is 99.8 Å². The summed E-state index contributed by atoms with van der Waals surface area (Å²) in [7, 11) is 0. The number of diazo groups is 1. The molecule has 6 nitrogen and oxygen atoms in total. The molecule has 0 amide bonds. The number of rotatable bonds is 4. The van der Waals surface area contributed by atoms with Crippen molar-refractivity contribution in [2.45, 2.75) is 32.2 Å². The van der Waals surface area contributed by atoms with Crippen molar-refractivity contribution in [2.24, 2.45) is 5.41 Å². The van der Waals surface area contributed by atoms with Gasteiger partial charge in [0.2, 0.25) is 5.39 Å². The Morgan fingerprint density at radius 3 is 2.47 bits per heavy atom. The highest BCUT2D eigenvalue weighted by atomic mass is 16.9. The van der Waals surface area contributed by atoms with Gasteiger partial charge in [0, 0.05) is 18.3 Å². The Morgan fingerprint density at radius 1 is 1.35 bits per heavy atom. The van der Waals surface area contributed by atoms with Crippen LogP contribution in [0.25, 0.3) is 4.98 Å². The Balaban J connectivity index is 1.80. The molecule has 0 spiro atoms. The lowest BCUT2D eigenvalue weighted by molar-refractivity contribution is -0.467. The molecule has 3 aliphatic heterocycles. The zero-order valence-electron chi connectivity index (χ0n) is 9.89. The number of nitrogens with zero attached hydrogens (tertiary/aromatic N) is 2. The number of hydrogen-bond acceptors (Lipinski definition) is 5. The fourth-order valence-corrected chi connectivity index (χ4v) is 1.94. The molecule has 0 saturated carbocycles. The predicted octanol–water partition coefficient (Wildman–Crippen LogP) is 2.15. The minimum absolute atomic E-state index is 0.0281. The number of ether oxygens (including phenoxy) is 3. The molecule has 0 aromatic rings. The molecule has 0 radical (unpaired) electrons. The van der Waals surface area contributed by atoms with Crippen molar-refractivity contribution in [3.63, 3.8) is 0 Å². The van der Waals surface area contributed by atoms with Crippen molar-refractivity contribution in [2.75, 3.05) is 19.8 Å². The van der Waals surface area contributed by atoms with Gasteiger partial charge in [0.25, 0.3) is 5.97 Å². The van der Waals surface area contributed by atoms with Gasteiger partial charge in [-0.15, -0.1) is 0 Å². The molecular weight excluding hydrogens is 224 g/mol. The zero-order chi connectivity index (χ0) is 12.4. The van der Waals surface area contributed by atoms with Crippen LogP contribution in [0.15, 0.2) is 12.0 Å². The maximum absolute atomic E-state index is 9.27. The number of fused-ring (bicyclic) bond motifs is 3. The first-order valence-corrected chi connectivity index (χ1v) is 5.72. The van der Waals surface area contributed by atoms with Crippen LogP contribution in [0.2, 0.25) is 0 Å². The smallest absolute Gasteiger partial charge is 0.387 e. The number of aliphatic hydroxyl groups excluding tert-OH is 1. The summed E-state index contributed by atoms with van der Waals surface area (Å²) in [4.78, 5) is 2.75. The van der Waals surface area contributed by atoms with Crippen LogP contribution in [0.4, 0.5) is 0 Å². The second-order valence-electron chi connectivity index (χ2n) is 4.95. The molecule has 3 rings (SSSR count). The van der Waals surface area contributed by atoms with Gasteiger partial charge in [-0.3, -0.25) is 0 Å². The first kappa shape index (κ1) is 12.3. The third-order valence-corrected chi connectivity index (χ3v) is 3.04. The summed E-state index contributed by atoms with van der Waals surface area (Å²) in [5.74, 6) is -0.908.